The van der Waals surface area contributed by atoms with Crippen molar-refractivity contribution in [1.29, 1.82) is 0 Å². The van der Waals surface area contributed by atoms with E-state index in [0.717, 1.165) is 26.2 Å². The van der Waals surface area contributed by atoms with Crippen molar-refractivity contribution >= 4 is 11.9 Å². The molecule has 2 saturated heterocycles. The molecule has 108 valence electrons. The van der Waals surface area contributed by atoms with Crippen molar-refractivity contribution in [3.8, 4) is 0 Å². The Morgan fingerprint density at radius 1 is 0.895 bits per heavy atom. The van der Waals surface area contributed by atoms with Gasteiger partial charge in [0.25, 0.3) is 0 Å². The Labute approximate surface area is 113 Å². The molecule has 2 aliphatic heterocycles. The molecule has 0 aromatic rings. The van der Waals surface area contributed by atoms with Gasteiger partial charge in [-0.3, -0.25) is 9.59 Å². The third-order valence-electron chi connectivity index (χ3n) is 4.26. The van der Waals surface area contributed by atoms with Crippen LogP contribution in [0.4, 0.5) is 0 Å². The van der Waals surface area contributed by atoms with Crippen LogP contribution in [0.3, 0.4) is 0 Å². The van der Waals surface area contributed by atoms with E-state index in [1.165, 1.54) is 12.8 Å². The lowest BCUT2D eigenvalue weighted by atomic mass is 9.85. The van der Waals surface area contributed by atoms with Gasteiger partial charge in [0.2, 0.25) is 0 Å². The quantitative estimate of drug-likeness (QED) is 0.742. The normalized spacial score (nSPS) is 29.5. The van der Waals surface area contributed by atoms with Gasteiger partial charge in [-0.2, -0.15) is 0 Å². The molecule has 0 aromatic carbocycles. The summed E-state index contributed by atoms with van der Waals surface area (Å²) < 4.78 is 0. The maximum atomic E-state index is 11.2. The van der Waals surface area contributed by atoms with Gasteiger partial charge in [-0.15, -0.1) is 0 Å². The van der Waals surface area contributed by atoms with Gasteiger partial charge < -0.3 is 20.0 Å². The zero-order valence-electron chi connectivity index (χ0n) is 11.1. The molecule has 2 atom stereocenters. The van der Waals surface area contributed by atoms with Crippen molar-refractivity contribution in [2.45, 2.75) is 19.3 Å². The van der Waals surface area contributed by atoms with Crippen LogP contribution in [0.15, 0.2) is 0 Å². The zero-order chi connectivity index (χ0) is 13.8. The zero-order valence-corrected chi connectivity index (χ0v) is 11.1. The van der Waals surface area contributed by atoms with Gasteiger partial charge in [-0.25, -0.2) is 0 Å². The van der Waals surface area contributed by atoms with Crippen molar-refractivity contribution in [3.63, 3.8) is 0 Å². The number of rotatable bonds is 5. The first-order valence-electron chi connectivity index (χ1n) is 6.98. The van der Waals surface area contributed by atoms with Crippen LogP contribution in [0.25, 0.3) is 0 Å². The Bertz CT molecular complexity index is 342. The number of piperidine rings is 1. The molecule has 2 unspecified atom stereocenters. The van der Waals surface area contributed by atoms with E-state index in [0.29, 0.717) is 19.5 Å². The molecular weight excluding hydrogens is 248 g/mol. The minimum Gasteiger partial charge on any atom is -0.481 e. The summed E-state index contributed by atoms with van der Waals surface area (Å²) in [5.41, 5.74) is 0. The maximum absolute atomic E-state index is 11.2. The molecule has 2 fully saturated rings. The molecule has 2 rings (SSSR count). The highest BCUT2D eigenvalue weighted by molar-refractivity contribution is 5.80. The summed E-state index contributed by atoms with van der Waals surface area (Å²) >= 11 is 0. The minimum absolute atomic E-state index is 0.361. The molecule has 2 N–H and O–H groups in total. The van der Waals surface area contributed by atoms with E-state index >= 15 is 0 Å². The number of likely N-dealkylation sites (tertiary alicyclic amines) is 2. The Balaban J connectivity index is 1.83. The molecule has 6 heteroatoms. The van der Waals surface area contributed by atoms with E-state index in [4.69, 9.17) is 10.2 Å². The highest BCUT2D eigenvalue weighted by Crippen LogP contribution is 2.24. The molecule has 0 amide bonds. The summed E-state index contributed by atoms with van der Waals surface area (Å²) in [4.78, 5) is 26.7. The van der Waals surface area contributed by atoms with Crippen LogP contribution in [0.5, 0.6) is 0 Å². The summed E-state index contributed by atoms with van der Waals surface area (Å²) in [5.74, 6) is -3.48. The van der Waals surface area contributed by atoms with E-state index in [9.17, 15) is 9.59 Å². The molecule has 0 aromatic heterocycles. The summed E-state index contributed by atoms with van der Waals surface area (Å²) in [6.45, 7) is 5.12. The summed E-state index contributed by atoms with van der Waals surface area (Å²) in [5, 5.41) is 18.2. The lowest BCUT2D eigenvalue weighted by Crippen LogP contribution is -2.48. The fraction of sp³-hybridized carbons (Fsp3) is 0.846. The number of nitrogens with zero attached hydrogens (tertiary/aromatic N) is 2. The average Bonchev–Trinajstić information content (AvgIpc) is 2.88. The molecule has 2 heterocycles. The van der Waals surface area contributed by atoms with Crippen LogP contribution in [-0.2, 0) is 9.59 Å². The first kappa shape index (κ1) is 14.3. The number of carbonyl (C=O) groups is 2. The number of carboxylic acids is 2. The smallest absolute Gasteiger partial charge is 0.308 e. The van der Waals surface area contributed by atoms with E-state index in [2.05, 4.69) is 9.80 Å². The number of aliphatic carboxylic acids is 2. The Hall–Kier alpha value is -1.14. The average molecular weight is 270 g/mol. The first-order chi connectivity index (χ1) is 9.08. The third kappa shape index (κ3) is 3.67. The summed E-state index contributed by atoms with van der Waals surface area (Å²) in [6, 6.07) is 0. The molecule has 19 heavy (non-hydrogen) atoms. The second-order valence-corrected chi connectivity index (χ2v) is 5.53. The van der Waals surface area contributed by atoms with Crippen LogP contribution in [-0.4, -0.2) is 71.2 Å². The first-order valence-corrected chi connectivity index (χ1v) is 6.98. The molecule has 2 aliphatic rings. The second kappa shape index (κ2) is 6.34. The second-order valence-electron chi connectivity index (χ2n) is 5.53. The van der Waals surface area contributed by atoms with Gasteiger partial charge in [0.1, 0.15) is 0 Å². The highest BCUT2D eigenvalue weighted by Gasteiger charge is 2.38. The van der Waals surface area contributed by atoms with Crippen molar-refractivity contribution < 1.29 is 19.8 Å². The fourth-order valence-corrected chi connectivity index (χ4v) is 3.06. The predicted octanol–water partition coefficient (Wildman–Crippen LogP) is 0.190. The Morgan fingerprint density at radius 2 is 1.47 bits per heavy atom. The standard InChI is InChI=1S/C13H22N2O4/c16-12(17)10-3-6-15(9-11(10)13(18)19)8-7-14-4-1-2-5-14/h10-11H,1-9H2,(H,16,17)(H,18,19). The number of hydrogen-bond donors (Lipinski definition) is 2. The SMILES string of the molecule is O=C(O)C1CCN(CCN2CCCC2)CC1C(=O)O. The number of hydrogen-bond acceptors (Lipinski definition) is 4. The predicted molar refractivity (Wildman–Crippen MR) is 69.0 cm³/mol. The summed E-state index contributed by atoms with van der Waals surface area (Å²) in [7, 11) is 0. The van der Waals surface area contributed by atoms with Gasteiger partial charge in [0.05, 0.1) is 11.8 Å². The van der Waals surface area contributed by atoms with Gasteiger partial charge in [0.15, 0.2) is 0 Å². The number of carboxylic acid groups (broad SMARTS) is 2. The molecule has 0 saturated carbocycles. The van der Waals surface area contributed by atoms with E-state index in [1.807, 2.05) is 0 Å². The monoisotopic (exact) mass is 270 g/mol. The van der Waals surface area contributed by atoms with Crippen molar-refractivity contribution in [2.75, 3.05) is 39.3 Å². The van der Waals surface area contributed by atoms with E-state index in [-0.39, 0.29) is 0 Å². The summed E-state index contributed by atoms with van der Waals surface area (Å²) in [6.07, 6.45) is 2.93. The largest absolute Gasteiger partial charge is 0.481 e. The van der Waals surface area contributed by atoms with Gasteiger partial charge in [-0.1, -0.05) is 0 Å². The van der Waals surface area contributed by atoms with Crippen LogP contribution in [0.1, 0.15) is 19.3 Å². The van der Waals surface area contributed by atoms with Crippen LogP contribution >= 0.6 is 0 Å². The fourth-order valence-electron chi connectivity index (χ4n) is 3.06. The molecule has 0 spiro atoms. The Kier molecular flexibility index (Phi) is 4.76. The lowest BCUT2D eigenvalue weighted by molar-refractivity contribution is -0.157. The molecular formula is C13H22N2O4. The Morgan fingerprint density at radius 3 is 2.05 bits per heavy atom. The van der Waals surface area contributed by atoms with Gasteiger partial charge in [-0.05, 0) is 38.9 Å². The van der Waals surface area contributed by atoms with Crippen LogP contribution < -0.4 is 0 Å². The van der Waals surface area contributed by atoms with E-state index in [1.54, 1.807) is 0 Å². The lowest BCUT2D eigenvalue weighted by Gasteiger charge is -2.35. The molecule has 0 aliphatic carbocycles. The molecule has 0 bridgehead atoms. The highest BCUT2D eigenvalue weighted by atomic mass is 16.4. The topological polar surface area (TPSA) is 81.1 Å². The molecule has 0 radical (unpaired) electrons. The molecule has 6 nitrogen and oxygen atoms in total. The van der Waals surface area contributed by atoms with Crippen LogP contribution in [0.2, 0.25) is 0 Å². The minimum atomic E-state index is -0.988. The van der Waals surface area contributed by atoms with Crippen molar-refractivity contribution in [1.82, 2.24) is 9.80 Å². The van der Waals surface area contributed by atoms with E-state index < -0.39 is 23.8 Å². The van der Waals surface area contributed by atoms with Crippen molar-refractivity contribution in [3.05, 3.63) is 0 Å². The van der Waals surface area contributed by atoms with Gasteiger partial charge in [0, 0.05) is 19.6 Å². The van der Waals surface area contributed by atoms with Crippen LogP contribution in [0, 0.1) is 11.8 Å². The van der Waals surface area contributed by atoms with Gasteiger partial charge >= 0.3 is 11.9 Å². The maximum Gasteiger partial charge on any atom is 0.308 e. The van der Waals surface area contributed by atoms with Crippen molar-refractivity contribution in [2.24, 2.45) is 11.8 Å². The third-order valence-corrected chi connectivity index (χ3v) is 4.26.